The third-order valence-corrected chi connectivity index (χ3v) is 3.99. The fraction of sp³-hybridized carbons (Fsp3) is 0.667. The maximum absolute atomic E-state index is 12.0. The number of aromatic nitrogens is 1. The normalized spacial score (nSPS) is 17.3. The number of hydrogen-bond acceptors (Lipinski definition) is 3. The van der Waals surface area contributed by atoms with E-state index in [0.717, 1.165) is 29.8 Å². The van der Waals surface area contributed by atoms with Crippen molar-refractivity contribution in [3.63, 3.8) is 0 Å². The Morgan fingerprint density at radius 2 is 2.25 bits per heavy atom. The number of carbonyl (C=O) groups excluding carboxylic acids is 1. The van der Waals surface area contributed by atoms with Crippen LogP contribution in [0, 0.1) is 0 Å². The predicted octanol–water partition coefficient (Wildman–Crippen LogP) is 2.77. The van der Waals surface area contributed by atoms with Crippen LogP contribution in [-0.2, 0) is 6.42 Å². The second-order valence-corrected chi connectivity index (χ2v) is 5.14. The monoisotopic (exact) mass is 238 g/mol. The topological polar surface area (TPSA) is 42.0 Å². The summed E-state index contributed by atoms with van der Waals surface area (Å²) in [5.74, 6) is 0.0752. The molecule has 2 rings (SSSR count). The molecule has 1 heterocycles. The largest absolute Gasteiger partial charge is 0.349 e. The van der Waals surface area contributed by atoms with E-state index in [2.05, 4.69) is 10.3 Å². The van der Waals surface area contributed by atoms with Gasteiger partial charge in [0.2, 0.25) is 0 Å². The molecule has 4 heteroatoms. The van der Waals surface area contributed by atoms with E-state index in [9.17, 15) is 4.79 Å². The molecule has 1 N–H and O–H groups in total. The third kappa shape index (κ3) is 2.61. The van der Waals surface area contributed by atoms with Gasteiger partial charge in [0.05, 0.1) is 11.2 Å². The summed E-state index contributed by atoms with van der Waals surface area (Å²) in [5, 5.41) is 3.13. The lowest BCUT2D eigenvalue weighted by Crippen LogP contribution is -2.36. The van der Waals surface area contributed by atoms with E-state index >= 15 is 0 Å². The average Bonchev–Trinajstić information content (AvgIpc) is 2.78. The predicted molar refractivity (Wildman–Crippen MR) is 65.8 cm³/mol. The molecule has 16 heavy (non-hydrogen) atoms. The van der Waals surface area contributed by atoms with Gasteiger partial charge in [-0.15, -0.1) is 11.3 Å². The van der Waals surface area contributed by atoms with E-state index < -0.39 is 0 Å². The van der Waals surface area contributed by atoms with Crippen LogP contribution in [0.3, 0.4) is 0 Å². The highest BCUT2D eigenvalue weighted by molar-refractivity contribution is 7.11. The molecule has 0 aromatic carbocycles. The number of amides is 1. The van der Waals surface area contributed by atoms with Gasteiger partial charge in [-0.25, -0.2) is 4.98 Å². The minimum Gasteiger partial charge on any atom is -0.349 e. The lowest BCUT2D eigenvalue weighted by molar-refractivity contribution is 0.0931. The molecule has 0 aliphatic heterocycles. The Morgan fingerprint density at radius 3 is 2.94 bits per heavy atom. The van der Waals surface area contributed by atoms with Gasteiger partial charge in [0.1, 0.15) is 4.88 Å². The lowest BCUT2D eigenvalue weighted by Gasteiger charge is -2.22. The molecule has 0 spiro atoms. The summed E-state index contributed by atoms with van der Waals surface area (Å²) in [6.45, 7) is 2.03. The standard InChI is InChI=1S/C12H18N2OS/c1-2-10-11(16-8-13-10)12(15)14-9-6-4-3-5-7-9/h8-9H,2-7H2,1H3,(H,14,15). The maximum Gasteiger partial charge on any atom is 0.263 e. The number of thiazole rings is 1. The van der Waals surface area contributed by atoms with Crippen molar-refractivity contribution in [1.29, 1.82) is 0 Å². The Morgan fingerprint density at radius 1 is 1.50 bits per heavy atom. The number of nitrogens with one attached hydrogen (secondary N) is 1. The Labute approximate surface area is 100 Å². The van der Waals surface area contributed by atoms with Crippen LogP contribution in [0.1, 0.15) is 54.4 Å². The molecule has 1 saturated carbocycles. The molecule has 0 unspecified atom stereocenters. The Hall–Kier alpha value is -0.900. The van der Waals surface area contributed by atoms with Crippen molar-refractivity contribution in [3.05, 3.63) is 16.1 Å². The van der Waals surface area contributed by atoms with Crippen molar-refractivity contribution in [2.45, 2.75) is 51.5 Å². The molecule has 0 bridgehead atoms. The zero-order chi connectivity index (χ0) is 11.4. The van der Waals surface area contributed by atoms with Crippen LogP contribution in [0.15, 0.2) is 5.51 Å². The van der Waals surface area contributed by atoms with Gasteiger partial charge < -0.3 is 5.32 Å². The van der Waals surface area contributed by atoms with Gasteiger partial charge >= 0.3 is 0 Å². The van der Waals surface area contributed by atoms with E-state index in [1.165, 1.54) is 30.6 Å². The summed E-state index contributed by atoms with van der Waals surface area (Å²) >= 11 is 1.45. The van der Waals surface area contributed by atoms with Crippen LogP contribution in [0.5, 0.6) is 0 Å². The van der Waals surface area contributed by atoms with E-state index in [1.807, 2.05) is 6.92 Å². The van der Waals surface area contributed by atoms with Crippen LogP contribution in [0.25, 0.3) is 0 Å². The first-order valence-electron chi connectivity index (χ1n) is 6.04. The third-order valence-electron chi connectivity index (χ3n) is 3.12. The average molecular weight is 238 g/mol. The molecule has 88 valence electrons. The zero-order valence-corrected chi connectivity index (χ0v) is 10.5. The van der Waals surface area contributed by atoms with Crippen molar-refractivity contribution in [2.24, 2.45) is 0 Å². The quantitative estimate of drug-likeness (QED) is 0.879. The molecular formula is C12H18N2OS. The fourth-order valence-corrected chi connectivity index (χ4v) is 2.99. The van der Waals surface area contributed by atoms with Crippen LogP contribution in [0.2, 0.25) is 0 Å². The van der Waals surface area contributed by atoms with E-state index in [0.29, 0.717) is 6.04 Å². The maximum atomic E-state index is 12.0. The minimum absolute atomic E-state index is 0.0752. The van der Waals surface area contributed by atoms with Crippen LogP contribution < -0.4 is 5.32 Å². The van der Waals surface area contributed by atoms with E-state index in [-0.39, 0.29) is 5.91 Å². The summed E-state index contributed by atoms with van der Waals surface area (Å²) in [7, 11) is 0. The zero-order valence-electron chi connectivity index (χ0n) is 9.66. The smallest absolute Gasteiger partial charge is 0.263 e. The molecular weight excluding hydrogens is 220 g/mol. The minimum atomic E-state index is 0.0752. The molecule has 0 atom stereocenters. The molecule has 0 radical (unpaired) electrons. The second kappa shape index (κ2) is 5.43. The number of hydrogen-bond donors (Lipinski definition) is 1. The summed E-state index contributed by atoms with van der Waals surface area (Å²) in [4.78, 5) is 17.0. The highest BCUT2D eigenvalue weighted by atomic mass is 32.1. The van der Waals surface area contributed by atoms with Crippen LogP contribution in [0.4, 0.5) is 0 Å². The highest BCUT2D eigenvalue weighted by Crippen LogP contribution is 2.19. The lowest BCUT2D eigenvalue weighted by atomic mass is 9.95. The molecule has 1 fully saturated rings. The van der Waals surface area contributed by atoms with E-state index in [1.54, 1.807) is 5.51 Å². The van der Waals surface area contributed by atoms with Crippen molar-refractivity contribution < 1.29 is 4.79 Å². The van der Waals surface area contributed by atoms with Crippen LogP contribution >= 0.6 is 11.3 Å². The second-order valence-electron chi connectivity index (χ2n) is 4.29. The van der Waals surface area contributed by atoms with Gasteiger partial charge in [0, 0.05) is 6.04 Å². The van der Waals surface area contributed by atoms with Crippen molar-refractivity contribution in [1.82, 2.24) is 10.3 Å². The van der Waals surface area contributed by atoms with Crippen LogP contribution in [-0.4, -0.2) is 16.9 Å². The number of carbonyl (C=O) groups is 1. The highest BCUT2D eigenvalue weighted by Gasteiger charge is 2.19. The summed E-state index contributed by atoms with van der Waals surface area (Å²) in [6.07, 6.45) is 6.89. The SMILES string of the molecule is CCc1ncsc1C(=O)NC1CCCCC1. The molecule has 1 aliphatic rings. The Balaban J connectivity index is 1.96. The summed E-state index contributed by atoms with van der Waals surface area (Å²) in [5.41, 5.74) is 2.69. The van der Waals surface area contributed by atoms with Gasteiger partial charge in [-0.05, 0) is 19.3 Å². The Bertz CT molecular complexity index is 356. The van der Waals surface area contributed by atoms with E-state index in [4.69, 9.17) is 0 Å². The molecule has 1 aromatic rings. The summed E-state index contributed by atoms with van der Waals surface area (Å²) < 4.78 is 0. The fourth-order valence-electron chi connectivity index (χ4n) is 2.20. The number of nitrogens with zero attached hydrogens (tertiary/aromatic N) is 1. The first-order chi connectivity index (χ1) is 7.81. The van der Waals surface area contributed by atoms with Gasteiger partial charge in [-0.1, -0.05) is 26.2 Å². The van der Waals surface area contributed by atoms with Gasteiger partial charge in [-0.2, -0.15) is 0 Å². The van der Waals surface area contributed by atoms with Crippen molar-refractivity contribution in [2.75, 3.05) is 0 Å². The van der Waals surface area contributed by atoms with Gasteiger partial charge in [0.25, 0.3) is 5.91 Å². The van der Waals surface area contributed by atoms with Gasteiger partial charge in [-0.3, -0.25) is 4.79 Å². The first-order valence-corrected chi connectivity index (χ1v) is 6.92. The number of aryl methyl sites for hydroxylation is 1. The molecule has 1 aromatic heterocycles. The molecule has 3 nitrogen and oxygen atoms in total. The van der Waals surface area contributed by atoms with Crippen molar-refractivity contribution in [3.8, 4) is 0 Å². The Kier molecular flexibility index (Phi) is 3.93. The molecule has 1 amide bonds. The van der Waals surface area contributed by atoms with Gasteiger partial charge in [0.15, 0.2) is 0 Å². The summed E-state index contributed by atoms with van der Waals surface area (Å²) in [6, 6.07) is 0.382. The molecule has 1 aliphatic carbocycles. The molecule has 0 saturated heterocycles. The van der Waals surface area contributed by atoms with Crippen molar-refractivity contribution >= 4 is 17.2 Å². The number of rotatable bonds is 3. The first kappa shape index (κ1) is 11.6.